The van der Waals surface area contributed by atoms with Crippen LogP contribution in [0, 0.1) is 23.7 Å². The lowest BCUT2D eigenvalue weighted by Gasteiger charge is -2.29. The second kappa shape index (κ2) is 8.84. The van der Waals surface area contributed by atoms with Gasteiger partial charge in [-0.25, -0.2) is 0 Å². The minimum Gasteiger partial charge on any atom is -0.378 e. The molecule has 0 spiro atoms. The number of ether oxygens (including phenoxy) is 1. The van der Waals surface area contributed by atoms with Crippen LogP contribution < -0.4 is 0 Å². The molecule has 0 aliphatic carbocycles. The van der Waals surface area contributed by atoms with Gasteiger partial charge >= 0.3 is 0 Å². The van der Waals surface area contributed by atoms with E-state index in [0.29, 0.717) is 38.8 Å². The minimum absolute atomic E-state index is 0.0426. The molecule has 0 radical (unpaired) electrons. The molecule has 1 amide bonds. The fourth-order valence-corrected chi connectivity index (χ4v) is 2.35. The van der Waals surface area contributed by atoms with Crippen LogP contribution in [0.25, 0.3) is 0 Å². The number of rotatable bonds is 6. The average molecular weight is 293 g/mol. The smallest absolute Gasteiger partial charge is 0.222 e. The van der Waals surface area contributed by atoms with Gasteiger partial charge in [-0.05, 0) is 13.3 Å². The first-order valence-electron chi connectivity index (χ1n) is 7.77. The standard InChI is InChI=1S/C17H27NO3/c1-13(2)15(19)9-7-10-17(20)18-11-6-5-8-14(3)16(12-18)21-4/h13-14,16H,6-7,9-12H2,1-4H3/t14-,16-/m0/s1. The molecule has 1 aliphatic rings. The number of carbonyl (C=O) groups excluding carboxylic acids is 2. The number of carbonyl (C=O) groups is 2. The Bertz CT molecular complexity index is 419. The molecule has 0 fully saturated rings. The van der Waals surface area contributed by atoms with E-state index in [-0.39, 0.29) is 29.6 Å². The van der Waals surface area contributed by atoms with Crippen molar-refractivity contribution in [2.24, 2.45) is 11.8 Å². The molecule has 2 atom stereocenters. The highest BCUT2D eigenvalue weighted by molar-refractivity contribution is 5.81. The summed E-state index contributed by atoms with van der Waals surface area (Å²) in [6.45, 7) is 7.05. The second-order valence-corrected chi connectivity index (χ2v) is 5.95. The molecule has 0 saturated heterocycles. The van der Waals surface area contributed by atoms with Crippen molar-refractivity contribution >= 4 is 11.7 Å². The number of ketones is 1. The van der Waals surface area contributed by atoms with E-state index in [1.54, 1.807) is 7.11 Å². The molecule has 21 heavy (non-hydrogen) atoms. The predicted molar refractivity (Wildman–Crippen MR) is 82.6 cm³/mol. The Kier molecular flexibility index (Phi) is 7.45. The molecule has 0 bridgehead atoms. The molecule has 0 saturated carbocycles. The first-order chi connectivity index (χ1) is 9.95. The third kappa shape index (κ3) is 5.89. The molecule has 4 nitrogen and oxygen atoms in total. The number of methoxy groups -OCH3 is 1. The van der Waals surface area contributed by atoms with Gasteiger partial charge in [0, 0.05) is 51.3 Å². The summed E-state index contributed by atoms with van der Waals surface area (Å²) in [6.07, 6.45) is 2.21. The molecular formula is C17H27NO3. The van der Waals surface area contributed by atoms with Gasteiger partial charge in [-0.2, -0.15) is 0 Å². The molecule has 0 unspecified atom stereocenters. The summed E-state index contributed by atoms with van der Waals surface area (Å²) in [7, 11) is 1.66. The quantitative estimate of drug-likeness (QED) is 0.706. The highest BCUT2D eigenvalue weighted by Crippen LogP contribution is 2.13. The zero-order chi connectivity index (χ0) is 15.8. The summed E-state index contributed by atoms with van der Waals surface area (Å²) < 4.78 is 5.44. The lowest BCUT2D eigenvalue weighted by atomic mass is 10.0. The Balaban J connectivity index is 2.49. The van der Waals surface area contributed by atoms with Crippen molar-refractivity contribution in [3.63, 3.8) is 0 Å². The van der Waals surface area contributed by atoms with Crippen LogP contribution in [0.3, 0.4) is 0 Å². The predicted octanol–water partition coefficient (Wildman–Crippen LogP) is 2.27. The van der Waals surface area contributed by atoms with Gasteiger partial charge in [-0.3, -0.25) is 9.59 Å². The summed E-state index contributed by atoms with van der Waals surface area (Å²) in [6, 6.07) is 0. The van der Waals surface area contributed by atoms with Gasteiger partial charge in [0.05, 0.1) is 6.10 Å². The first kappa shape index (κ1) is 17.7. The van der Waals surface area contributed by atoms with Crippen LogP contribution in [0.15, 0.2) is 0 Å². The van der Waals surface area contributed by atoms with Crippen molar-refractivity contribution in [2.75, 3.05) is 20.2 Å². The Labute approximate surface area is 128 Å². The number of Topliss-reactive ketones (excluding diaryl/α,β-unsaturated/α-hetero) is 1. The summed E-state index contributed by atoms with van der Waals surface area (Å²) in [5.74, 6) is 6.77. The lowest BCUT2D eigenvalue weighted by molar-refractivity contribution is -0.133. The zero-order valence-corrected chi connectivity index (χ0v) is 13.6. The molecular weight excluding hydrogens is 266 g/mol. The second-order valence-electron chi connectivity index (χ2n) is 5.95. The zero-order valence-electron chi connectivity index (χ0n) is 13.6. The van der Waals surface area contributed by atoms with Gasteiger partial charge < -0.3 is 9.64 Å². The van der Waals surface area contributed by atoms with Gasteiger partial charge in [0.25, 0.3) is 0 Å². The summed E-state index contributed by atoms with van der Waals surface area (Å²) >= 11 is 0. The number of hydrogen-bond donors (Lipinski definition) is 0. The summed E-state index contributed by atoms with van der Waals surface area (Å²) in [4.78, 5) is 25.7. The van der Waals surface area contributed by atoms with Gasteiger partial charge in [-0.1, -0.05) is 19.8 Å². The van der Waals surface area contributed by atoms with Gasteiger partial charge in [0.15, 0.2) is 0 Å². The Morgan fingerprint density at radius 1 is 1.33 bits per heavy atom. The van der Waals surface area contributed by atoms with Crippen LogP contribution in [0.1, 0.15) is 46.5 Å². The van der Waals surface area contributed by atoms with Crippen molar-refractivity contribution < 1.29 is 14.3 Å². The summed E-state index contributed by atoms with van der Waals surface area (Å²) in [5.41, 5.74) is 0. The van der Waals surface area contributed by atoms with Crippen LogP contribution in [0.5, 0.6) is 0 Å². The van der Waals surface area contributed by atoms with Crippen LogP contribution in [-0.2, 0) is 14.3 Å². The number of nitrogens with zero attached hydrogens (tertiary/aromatic N) is 1. The fraction of sp³-hybridized carbons (Fsp3) is 0.765. The maximum Gasteiger partial charge on any atom is 0.222 e. The van der Waals surface area contributed by atoms with E-state index in [2.05, 4.69) is 11.8 Å². The average Bonchev–Trinajstić information content (AvgIpc) is 2.43. The normalized spacial score (nSPS) is 22.2. The van der Waals surface area contributed by atoms with Crippen LogP contribution in [-0.4, -0.2) is 42.9 Å². The van der Waals surface area contributed by atoms with Crippen LogP contribution >= 0.6 is 0 Å². The molecule has 0 aromatic carbocycles. The van der Waals surface area contributed by atoms with Crippen LogP contribution in [0.2, 0.25) is 0 Å². The SMILES string of the molecule is CO[C@H]1CN(C(=O)CCCC(=O)C(C)C)CCC#C[C@@H]1C. The van der Waals surface area contributed by atoms with Gasteiger partial charge in [0.2, 0.25) is 5.91 Å². The Morgan fingerprint density at radius 3 is 2.67 bits per heavy atom. The molecule has 0 N–H and O–H groups in total. The van der Waals surface area contributed by atoms with E-state index < -0.39 is 0 Å². The maximum absolute atomic E-state index is 12.3. The molecule has 1 aliphatic heterocycles. The van der Waals surface area contributed by atoms with Crippen molar-refractivity contribution in [3.8, 4) is 11.8 Å². The Hall–Kier alpha value is -1.34. The third-order valence-electron chi connectivity index (χ3n) is 3.91. The van der Waals surface area contributed by atoms with Crippen molar-refractivity contribution in [1.29, 1.82) is 0 Å². The molecule has 1 heterocycles. The number of amides is 1. The van der Waals surface area contributed by atoms with E-state index in [1.165, 1.54) is 0 Å². The van der Waals surface area contributed by atoms with E-state index >= 15 is 0 Å². The topological polar surface area (TPSA) is 46.6 Å². The minimum atomic E-state index is -0.0426. The lowest BCUT2D eigenvalue weighted by Crippen LogP contribution is -2.41. The van der Waals surface area contributed by atoms with Gasteiger partial charge in [0.1, 0.15) is 5.78 Å². The molecule has 1 rings (SSSR count). The first-order valence-corrected chi connectivity index (χ1v) is 7.77. The van der Waals surface area contributed by atoms with Crippen molar-refractivity contribution in [3.05, 3.63) is 0 Å². The van der Waals surface area contributed by atoms with Crippen LogP contribution in [0.4, 0.5) is 0 Å². The largest absolute Gasteiger partial charge is 0.378 e. The van der Waals surface area contributed by atoms with E-state index in [0.717, 1.165) is 0 Å². The molecule has 118 valence electrons. The molecule has 4 heteroatoms. The number of hydrogen-bond acceptors (Lipinski definition) is 3. The van der Waals surface area contributed by atoms with E-state index in [4.69, 9.17) is 4.74 Å². The fourth-order valence-electron chi connectivity index (χ4n) is 2.35. The highest BCUT2D eigenvalue weighted by atomic mass is 16.5. The van der Waals surface area contributed by atoms with Crippen molar-refractivity contribution in [1.82, 2.24) is 4.90 Å². The maximum atomic E-state index is 12.3. The van der Waals surface area contributed by atoms with Gasteiger partial charge in [-0.15, -0.1) is 5.92 Å². The highest BCUT2D eigenvalue weighted by Gasteiger charge is 2.23. The van der Waals surface area contributed by atoms with E-state index in [9.17, 15) is 9.59 Å². The monoisotopic (exact) mass is 293 g/mol. The third-order valence-corrected chi connectivity index (χ3v) is 3.91. The Morgan fingerprint density at radius 2 is 2.05 bits per heavy atom. The molecule has 0 aromatic rings. The van der Waals surface area contributed by atoms with E-state index in [1.807, 2.05) is 25.7 Å². The summed E-state index contributed by atoms with van der Waals surface area (Å²) in [5, 5.41) is 0. The van der Waals surface area contributed by atoms with Crippen molar-refractivity contribution in [2.45, 2.75) is 52.6 Å². The molecule has 0 aromatic heterocycles.